The van der Waals surface area contributed by atoms with E-state index < -0.39 is 6.04 Å². The maximum absolute atomic E-state index is 14.1. The van der Waals surface area contributed by atoms with Crippen LogP contribution in [0.25, 0.3) is 17.0 Å². The molecular weight excluding hydrogens is 470 g/mol. The minimum absolute atomic E-state index is 0.235. The third-order valence-electron chi connectivity index (χ3n) is 5.74. The molecule has 1 aromatic heterocycles. The first-order valence-electron chi connectivity index (χ1n) is 10.8. The SMILES string of the molecule is COc1cccc(N2C(=S)NC(c3cccc(F)c3)C(c3nc(-c4ccc(F)cc4)no3)=C2C)c1. The molecule has 1 aliphatic rings. The highest BCUT2D eigenvalue weighted by atomic mass is 32.1. The lowest BCUT2D eigenvalue weighted by molar-refractivity contribution is 0.404. The minimum Gasteiger partial charge on any atom is -0.497 e. The first-order valence-corrected chi connectivity index (χ1v) is 11.2. The Bertz CT molecular complexity index is 1440. The predicted molar refractivity (Wildman–Crippen MR) is 133 cm³/mol. The zero-order valence-corrected chi connectivity index (χ0v) is 19.6. The molecule has 5 rings (SSSR count). The molecule has 0 radical (unpaired) electrons. The summed E-state index contributed by atoms with van der Waals surface area (Å²) in [7, 11) is 1.59. The number of benzene rings is 3. The lowest BCUT2D eigenvalue weighted by Crippen LogP contribution is -2.46. The third kappa shape index (κ3) is 4.38. The summed E-state index contributed by atoms with van der Waals surface area (Å²) in [5, 5.41) is 7.82. The average Bonchev–Trinajstić information content (AvgIpc) is 3.34. The molecule has 6 nitrogen and oxygen atoms in total. The second-order valence-corrected chi connectivity index (χ2v) is 8.29. The van der Waals surface area contributed by atoms with Crippen molar-refractivity contribution in [2.75, 3.05) is 12.0 Å². The van der Waals surface area contributed by atoms with Crippen LogP contribution in [0.2, 0.25) is 0 Å². The van der Waals surface area contributed by atoms with E-state index in [9.17, 15) is 8.78 Å². The molecule has 9 heteroatoms. The number of hydrogen-bond donors (Lipinski definition) is 1. The van der Waals surface area contributed by atoms with Gasteiger partial charge in [-0.1, -0.05) is 23.4 Å². The molecule has 1 unspecified atom stereocenters. The van der Waals surface area contributed by atoms with Gasteiger partial charge in [-0.25, -0.2) is 8.78 Å². The van der Waals surface area contributed by atoms with Gasteiger partial charge < -0.3 is 14.6 Å². The highest BCUT2D eigenvalue weighted by molar-refractivity contribution is 7.80. The first kappa shape index (κ1) is 22.7. The molecule has 0 amide bonds. The molecule has 0 spiro atoms. The van der Waals surface area contributed by atoms with E-state index in [1.165, 1.54) is 24.3 Å². The molecule has 1 atom stereocenters. The summed E-state index contributed by atoms with van der Waals surface area (Å²) in [4.78, 5) is 6.42. The monoisotopic (exact) mass is 490 g/mol. The molecular formula is C26H20F2N4O2S. The molecule has 176 valence electrons. The molecule has 0 saturated carbocycles. The Morgan fingerprint density at radius 1 is 1.00 bits per heavy atom. The Kier molecular flexibility index (Phi) is 6.00. The summed E-state index contributed by atoms with van der Waals surface area (Å²) in [5.41, 5.74) is 3.38. The largest absolute Gasteiger partial charge is 0.497 e. The second-order valence-electron chi connectivity index (χ2n) is 7.90. The Labute approximate surface area is 205 Å². The summed E-state index contributed by atoms with van der Waals surface area (Å²) < 4.78 is 38.6. The van der Waals surface area contributed by atoms with Crippen molar-refractivity contribution in [3.05, 3.63) is 102 Å². The van der Waals surface area contributed by atoms with Crippen LogP contribution in [0.3, 0.4) is 0 Å². The quantitative estimate of drug-likeness (QED) is 0.350. The lowest BCUT2D eigenvalue weighted by atomic mass is 9.94. The van der Waals surface area contributed by atoms with Gasteiger partial charge in [0.05, 0.1) is 24.4 Å². The number of methoxy groups -OCH3 is 1. The van der Waals surface area contributed by atoms with Crippen LogP contribution in [0.1, 0.15) is 24.4 Å². The molecule has 0 saturated heterocycles. The number of hydrogen-bond acceptors (Lipinski definition) is 5. The van der Waals surface area contributed by atoms with Gasteiger partial charge in [0.1, 0.15) is 17.4 Å². The van der Waals surface area contributed by atoms with E-state index >= 15 is 0 Å². The van der Waals surface area contributed by atoms with Crippen molar-refractivity contribution < 1.29 is 18.0 Å². The van der Waals surface area contributed by atoms with Gasteiger partial charge in [-0.3, -0.25) is 4.90 Å². The normalized spacial score (nSPS) is 15.8. The van der Waals surface area contributed by atoms with Crippen molar-refractivity contribution in [2.45, 2.75) is 13.0 Å². The highest BCUT2D eigenvalue weighted by Crippen LogP contribution is 2.39. The van der Waals surface area contributed by atoms with Crippen molar-refractivity contribution in [2.24, 2.45) is 0 Å². The maximum Gasteiger partial charge on any atom is 0.258 e. The molecule has 3 aromatic carbocycles. The van der Waals surface area contributed by atoms with Crippen molar-refractivity contribution in [1.29, 1.82) is 0 Å². The van der Waals surface area contributed by atoms with Crippen LogP contribution < -0.4 is 15.0 Å². The van der Waals surface area contributed by atoms with Gasteiger partial charge >= 0.3 is 0 Å². The fourth-order valence-electron chi connectivity index (χ4n) is 4.07. The summed E-state index contributed by atoms with van der Waals surface area (Å²) in [6.07, 6.45) is 0. The second kappa shape index (κ2) is 9.27. The zero-order valence-electron chi connectivity index (χ0n) is 18.8. The molecule has 4 aromatic rings. The van der Waals surface area contributed by atoms with E-state index in [2.05, 4.69) is 15.5 Å². The Morgan fingerprint density at radius 3 is 2.51 bits per heavy atom. The summed E-state index contributed by atoms with van der Waals surface area (Å²) in [6, 6.07) is 19.0. The highest BCUT2D eigenvalue weighted by Gasteiger charge is 2.35. The molecule has 0 bridgehead atoms. The number of nitrogens with zero attached hydrogens (tertiary/aromatic N) is 3. The Hall–Kier alpha value is -4.11. The smallest absolute Gasteiger partial charge is 0.258 e. The summed E-state index contributed by atoms with van der Waals surface area (Å²) in [5.74, 6) is 0.475. The van der Waals surface area contributed by atoms with E-state index in [-0.39, 0.29) is 17.5 Å². The predicted octanol–water partition coefficient (Wildman–Crippen LogP) is 5.89. The summed E-state index contributed by atoms with van der Waals surface area (Å²) >= 11 is 5.72. The van der Waals surface area contributed by atoms with E-state index in [4.69, 9.17) is 21.5 Å². The van der Waals surface area contributed by atoms with Gasteiger partial charge in [-0.2, -0.15) is 4.98 Å². The van der Waals surface area contributed by atoms with E-state index in [1.807, 2.05) is 36.1 Å². The number of rotatable bonds is 5. The van der Waals surface area contributed by atoms with Crippen LogP contribution in [0.5, 0.6) is 5.75 Å². The van der Waals surface area contributed by atoms with Crippen LogP contribution in [0.4, 0.5) is 14.5 Å². The number of aromatic nitrogens is 2. The molecule has 2 heterocycles. The maximum atomic E-state index is 14.1. The fraction of sp³-hybridized carbons (Fsp3) is 0.115. The number of anilines is 1. The van der Waals surface area contributed by atoms with Crippen LogP contribution >= 0.6 is 12.2 Å². The van der Waals surface area contributed by atoms with Crippen molar-refractivity contribution >= 4 is 28.6 Å². The lowest BCUT2D eigenvalue weighted by Gasteiger charge is -2.37. The number of ether oxygens (including phenoxy) is 1. The van der Waals surface area contributed by atoms with Gasteiger partial charge in [0.15, 0.2) is 5.11 Å². The van der Waals surface area contributed by atoms with Crippen molar-refractivity contribution in [1.82, 2.24) is 15.5 Å². The van der Waals surface area contributed by atoms with Crippen LogP contribution in [-0.2, 0) is 0 Å². The molecule has 0 aliphatic carbocycles. The fourth-order valence-corrected chi connectivity index (χ4v) is 4.43. The van der Waals surface area contributed by atoms with Gasteiger partial charge in [-0.05, 0) is 73.2 Å². The number of nitrogens with one attached hydrogen (secondary N) is 1. The number of halogens is 2. The van der Waals surface area contributed by atoms with E-state index in [0.717, 1.165) is 11.4 Å². The third-order valence-corrected chi connectivity index (χ3v) is 6.04. The minimum atomic E-state index is -0.540. The van der Waals surface area contributed by atoms with Crippen molar-refractivity contribution in [3.63, 3.8) is 0 Å². The topological polar surface area (TPSA) is 63.4 Å². The first-order chi connectivity index (χ1) is 16.9. The Balaban J connectivity index is 1.66. The Morgan fingerprint density at radius 2 is 1.77 bits per heavy atom. The molecule has 1 N–H and O–H groups in total. The van der Waals surface area contributed by atoms with Gasteiger partial charge in [0, 0.05) is 17.3 Å². The van der Waals surface area contributed by atoms with Gasteiger partial charge in [0.25, 0.3) is 5.89 Å². The van der Waals surface area contributed by atoms with Gasteiger partial charge in [0.2, 0.25) is 5.82 Å². The molecule has 35 heavy (non-hydrogen) atoms. The zero-order chi connectivity index (χ0) is 24.5. The summed E-state index contributed by atoms with van der Waals surface area (Å²) in [6.45, 7) is 1.88. The number of allylic oxidation sites excluding steroid dienone is 1. The molecule has 0 fully saturated rings. The van der Waals surface area contributed by atoms with Crippen molar-refractivity contribution in [3.8, 4) is 17.1 Å². The van der Waals surface area contributed by atoms with Crippen LogP contribution in [0.15, 0.2) is 83.0 Å². The van der Waals surface area contributed by atoms with Crippen LogP contribution in [-0.4, -0.2) is 22.4 Å². The van der Waals surface area contributed by atoms with E-state index in [0.29, 0.717) is 33.4 Å². The molecule has 1 aliphatic heterocycles. The van der Waals surface area contributed by atoms with Crippen LogP contribution in [0, 0.1) is 11.6 Å². The van der Waals surface area contributed by atoms with Gasteiger partial charge in [-0.15, -0.1) is 0 Å². The van der Waals surface area contributed by atoms with E-state index in [1.54, 1.807) is 31.4 Å². The average molecular weight is 491 g/mol. The number of thiocarbonyl (C=S) groups is 1. The standard InChI is InChI=1S/C26H20F2N4O2S/c1-15-22(25-30-24(31-34-25)16-9-11-18(27)12-10-16)23(17-5-3-6-19(28)13-17)29-26(35)32(15)20-7-4-8-21(14-20)33-2/h3-14,23H,1-2H3,(H,29,35).